The molecule has 0 bridgehead atoms. The van der Waals surface area contributed by atoms with Gasteiger partial charge in [0.15, 0.2) is 16.3 Å². The van der Waals surface area contributed by atoms with E-state index in [0.717, 1.165) is 23.0 Å². The first-order valence-corrected chi connectivity index (χ1v) is 11.1. The molecule has 10 heteroatoms. The van der Waals surface area contributed by atoms with Crippen LogP contribution < -0.4 is 15.5 Å². The molecule has 0 radical (unpaired) electrons. The zero-order chi connectivity index (χ0) is 21.3. The average Bonchev–Trinajstić information content (AvgIpc) is 3.21. The molecule has 0 unspecified atom stereocenters. The maximum atomic E-state index is 12.5. The number of para-hydroxylation sites is 1. The standard InChI is InChI=1S/C20H15N3O5S2/c1-12-3-2-4-15-16(24)11-17(28-18(12)15)19(25)22-13-5-7-14(8-6-13)30(26,27)23-20-21-9-10-29-20/h2-11H,1H3,(H,21,23)(H,22,25). The van der Waals surface area contributed by atoms with Gasteiger partial charge in [-0.05, 0) is 42.8 Å². The molecule has 0 aliphatic rings. The highest BCUT2D eigenvalue weighted by molar-refractivity contribution is 7.93. The quantitative estimate of drug-likeness (QED) is 0.488. The molecule has 0 aliphatic heterocycles. The van der Waals surface area contributed by atoms with E-state index < -0.39 is 15.9 Å². The van der Waals surface area contributed by atoms with Gasteiger partial charge in [0.25, 0.3) is 15.9 Å². The van der Waals surface area contributed by atoms with Gasteiger partial charge in [0.2, 0.25) is 0 Å². The Hall–Kier alpha value is -3.50. The summed E-state index contributed by atoms with van der Waals surface area (Å²) < 4.78 is 32.7. The van der Waals surface area contributed by atoms with Crippen molar-refractivity contribution >= 4 is 49.1 Å². The molecule has 2 aromatic carbocycles. The van der Waals surface area contributed by atoms with Gasteiger partial charge in [-0.3, -0.25) is 14.3 Å². The number of thiazole rings is 1. The van der Waals surface area contributed by atoms with Crippen molar-refractivity contribution in [3.63, 3.8) is 0 Å². The summed E-state index contributed by atoms with van der Waals surface area (Å²) in [5, 5.41) is 4.91. The van der Waals surface area contributed by atoms with Crippen molar-refractivity contribution in [2.75, 3.05) is 10.0 Å². The summed E-state index contributed by atoms with van der Waals surface area (Å²) in [6, 6.07) is 11.9. The minimum Gasteiger partial charge on any atom is -0.450 e. The van der Waals surface area contributed by atoms with E-state index in [1.807, 2.05) is 0 Å². The Morgan fingerprint density at radius 3 is 2.60 bits per heavy atom. The van der Waals surface area contributed by atoms with Crippen LogP contribution in [-0.2, 0) is 10.0 Å². The zero-order valence-corrected chi connectivity index (χ0v) is 17.2. The van der Waals surface area contributed by atoms with Crippen molar-refractivity contribution in [2.45, 2.75) is 11.8 Å². The Balaban J connectivity index is 1.55. The summed E-state index contributed by atoms with van der Waals surface area (Å²) in [5.74, 6) is -0.752. The summed E-state index contributed by atoms with van der Waals surface area (Å²) in [5.41, 5.74) is 1.12. The molecule has 0 saturated carbocycles. The van der Waals surface area contributed by atoms with E-state index in [0.29, 0.717) is 16.7 Å². The highest BCUT2D eigenvalue weighted by Crippen LogP contribution is 2.21. The second-order valence-electron chi connectivity index (χ2n) is 6.35. The average molecular weight is 441 g/mol. The first-order chi connectivity index (χ1) is 14.3. The number of hydrogen-bond donors (Lipinski definition) is 2. The van der Waals surface area contributed by atoms with Crippen LogP contribution >= 0.6 is 11.3 Å². The zero-order valence-electron chi connectivity index (χ0n) is 15.6. The number of aryl methyl sites for hydroxylation is 1. The van der Waals surface area contributed by atoms with Crippen LogP contribution in [-0.4, -0.2) is 19.3 Å². The Bertz CT molecular complexity index is 1390. The van der Waals surface area contributed by atoms with Crippen LogP contribution in [0, 0.1) is 6.92 Å². The van der Waals surface area contributed by atoms with Crippen LogP contribution in [0.15, 0.2) is 74.2 Å². The lowest BCUT2D eigenvalue weighted by Crippen LogP contribution is -2.16. The number of rotatable bonds is 5. The van der Waals surface area contributed by atoms with Crippen LogP contribution in [0.1, 0.15) is 16.1 Å². The minimum atomic E-state index is -3.79. The van der Waals surface area contributed by atoms with E-state index in [2.05, 4.69) is 15.0 Å². The van der Waals surface area contributed by atoms with Crippen LogP contribution in [0.2, 0.25) is 0 Å². The third-order valence-electron chi connectivity index (χ3n) is 4.25. The van der Waals surface area contributed by atoms with Crippen molar-refractivity contribution in [3.05, 3.63) is 81.7 Å². The Morgan fingerprint density at radius 2 is 1.90 bits per heavy atom. The molecule has 1 amide bonds. The summed E-state index contributed by atoms with van der Waals surface area (Å²) in [6.45, 7) is 1.78. The van der Waals surface area contributed by atoms with Crippen molar-refractivity contribution < 1.29 is 17.6 Å². The lowest BCUT2D eigenvalue weighted by Gasteiger charge is -2.08. The molecule has 152 valence electrons. The number of anilines is 2. The molecule has 2 aromatic heterocycles. The minimum absolute atomic E-state index is 0.0172. The number of nitrogens with one attached hydrogen (secondary N) is 2. The van der Waals surface area contributed by atoms with Crippen LogP contribution in [0.5, 0.6) is 0 Å². The number of nitrogens with zero attached hydrogens (tertiary/aromatic N) is 1. The highest BCUT2D eigenvalue weighted by Gasteiger charge is 2.17. The van der Waals surface area contributed by atoms with Crippen LogP contribution in [0.3, 0.4) is 0 Å². The lowest BCUT2D eigenvalue weighted by molar-refractivity contribution is 0.0997. The summed E-state index contributed by atoms with van der Waals surface area (Å²) in [7, 11) is -3.79. The molecule has 4 rings (SSSR count). The van der Waals surface area contributed by atoms with E-state index in [9.17, 15) is 18.0 Å². The lowest BCUT2D eigenvalue weighted by atomic mass is 10.1. The number of fused-ring (bicyclic) bond motifs is 1. The maximum Gasteiger partial charge on any atom is 0.291 e. The number of carbonyl (C=O) groups is 1. The summed E-state index contributed by atoms with van der Waals surface area (Å²) in [6.07, 6.45) is 1.49. The molecule has 2 heterocycles. The second kappa shape index (κ2) is 7.73. The fraction of sp³-hybridized carbons (Fsp3) is 0.0500. The number of aromatic nitrogens is 1. The topological polar surface area (TPSA) is 118 Å². The van der Waals surface area contributed by atoms with E-state index >= 15 is 0 Å². The highest BCUT2D eigenvalue weighted by atomic mass is 32.2. The molecule has 4 aromatic rings. The van der Waals surface area contributed by atoms with E-state index in [1.54, 1.807) is 30.5 Å². The first kappa shape index (κ1) is 19.8. The van der Waals surface area contributed by atoms with Gasteiger partial charge in [-0.2, -0.15) is 0 Å². The van der Waals surface area contributed by atoms with E-state index in [1.165, 1.54) is 30.5 Å². The molecule has 0 fully saturated rings. The maximum absolute atomic E-state index is 12.5. The first-order valence-electron chi connectivity index (χ1n) is 8.71. The SMILES string of the molecule is Cc1cccc2c(=O)cc(C(=O)Nc3ccc(S(=O)(=O)Nc4nccs4)cc3)oc12. The third kappa shape index (κ3) is 3.95. The van der Waals surface area contributed by atoms with Gasteiger partial charge in [-0.25, -0.2) is 13.4 Å². The number of hydrogen-bond acceptors (Lipinski definition) is 7. The fourth-order valence-electron chi connectivity index (χ4n) is 2.79. The van der Waals surface area contributed by atoms with E-state index in [4.69, 9.17) is 4.42 Å². The summed E-state index contributed by atoms with van der Waals surface area (Å²) in [4.78, 5) is 28.7. The van der Waals surface area contributed by atoms with Crippen LogP contribution in [0.4, 0.5) is 10.8 Å². The van der Waals surface area contributed by atoms with Gasteiger partial charge < -0.3 is 9.73 Å². The van der Waals surface area contributed by atoms with Crippen molar-refractivity contribution in [2.24, 2.45) is 0 Å². The monoisotopic (exact) mass is 441 g/mol. The predicted molar refractivity (Wildman–Crippen MR) is 115 cm³/mol. The van der Waals surface area contributed by atoms with Crippen molar-refractivity contribution in [1.82, 2.24) is 4.98 Å². The fourth-order valence-corrected chi connectivity index (χ4v) is 4.58. The number of sulfonamides is 1. The van der Waals surface area contributed by atoms with Crippen LogP contribution in [0.25, 0.3) is 11.0 Å². The number of benzene rings is 2. The molecule has 0 spiro atoms. The Kier molecular flexibility index (Phi) is 5.10. The van der Waals surface area contributed by atoms with Gasteiger partial charge in [-0.15, -0.1) is 11.3 Å². The number of amides is 1. The second-order valence-corrected chi connectivity index (χ2v) is 8.92. The van der Waals surface area contributed by atoms with Crippen molar-refractivity contribution in [1.29, 1.82) is 0 Å². The smallest absolute Gasteiger partial charge is 0.291 e. The molecule has 0 atom stereocenters. The molecular formula is C20H15N3O5S2. The molecule has 30 heavy (non-hydrogen) atoms. The van der Waals surface area contributed by atoms with Crippen molar-refractivity contribution in [3.8, 4) is 0 Å². The molecule has 0 saturated heterocycles. The Morgan fingerprint density at radius 1 is 1.13 bits per heavy atom. The predicted octanol–water partition coefficient (Wildman–Crippen LogP) is 3.61. The normalized spacial score (nSPS) is 11.4. The van der Waals surface area contributed by atoms with Gasteiger partial charge in [0, 0.05) is 23.3 Å². The summed E-state index contributed by atoms with van der Waals surface area (Å²) >= 11 is 1.16. The van der Waals surface area contributed by atoms with E-state index in [-0.39, 0.29) is 21.2 Å². The largest absolute Gasteiger partial charge is 0.450 e. The van der Waals surface area contributed by atoms with Gasteiger partial charge in [-0.1, -0.05) is 12.1 Å². The molecular weight excluding hydrogens is 426 g/mol. The molecule has 2 N–H and O–H groups in total. The van der Waals surface area contributed by atoms with Gasteiger partial charge >= 0.3 is 0 Å². The molecule has 8 nitrogen and oxygen atoms in total. The third-order valence-corrected chi connectivity index (χ3v) is 6.42. The van der Waals surface area contributed by atoms with Gasteiger partial charge in [0.05, 0.1) is 10.3 Å². The molecule has 0 aliphatic carbocycles. The van der Waals surface area contributed by atoms with Gasteiger partial charge in [0.1, 0.15) is 5.58 Å². The number of carbonyl (C=O) groups excluding carboxylic acids is 1. The Labute approximate surface area is 175 Å².